The number of rotatable bonds is 10. The molecule has 0 radical (unpaired) electrons. The molecule has 3 amide bonds. The summed E-state index contributed by atoms with van der Waals surface area (Å²) in [4.78, 5) is 51.6. The number of guanidine groups is 1. The van der Waals surface area contributed by atoms with Crippen LogP contribution in [-0.2, 0) is 19.2 Å². The summed E-state index contributed by atoms with van der Waals surface area (Å²) in [6.07, 6.45) is 1.85. The average molecular weight is 385 g/mol. The summed E-state index contributed by atoms with van der Waals surface area (Å²) in [5.41, 5.74) is 16.1. The molecule has 0 bridgehead atoms. The minimum absolute atomic E-state index is 0.0390. The molecule has 1 rings (SSSR count). The Morgan fingerprint density at radius 3 is 2.52 bits per heavy atom. The van der Waals surface area contributed by atoms with Crippen molar-refractivity contribution >= 4 is 29.7 Å². The van der Waals surface area contributed by atoms with E-state index in [2.05, 4.69) is 15.6 Å². The highest BCUT2D eigenvalue weighted by Gasteiger charge is 2.33. The van der Waals surface area contributed by atoms with Crippen LogP contribution >= 0.6 is 0 Å². The Bertz CT molecular complexity index is 591. The number of aliphatic carboxylic acids is 1. The Morgan fingerprint density at radius 1 is 1.19 bits per heavy atom. The number of carboxylic acid groups (broad SMARTS) is 1. The second-order valence-electron chi connectivity index (χ2n) is 6.13. The zero-order valence-electron chi connectivity index (χ0n) is 15.0. The molecule has 12 nitrogen and oxygen atoms in total. The molecule has 0 aromatic heterocycles. The van der Waals surface area contributed by atoms with Crippen molar-refractivity contribution in [3.63, 3.8) is 0 Å². The Kier molecular flexibility index (Phi) is 8.99. The standard InChI is InChI=1S/C15H27N7O5/c16-9(3-1-5-19-15(17)18)13(25)21-7-11(23)20-8-12(24)22-6-2-4-10(22)14(26)27/h9-10H,1-8,16H2,(H,20,23)(H,21,25)(H,26,27)(H4,17,18,19). The quantitative estimate of drug-likeness (QED) is 0.127. The van der Waals surface area contributed by atoms with Crippen LogP contribution in [0, 0.1) is 0 Å². The highest BCUT2D eigenvalue weighted by molar-refractivity contribution is 5.91. The van der Waals surface area contributed by atoms with Crippen molar-refractivity contribution in [2.75, 3.05) is 26.2 Å². The summed E-state index contributed by atoms with van der Waals surface area (Å²) in [6, 6.07) is -1.67. The lowest BCUT2D eigenvalue weighted by Gasteiger charge is -2.21. The Labute approximate surface area is 156 Å². The van der Waals surface area contributed by atoms with Crippen molar-refractivity contribution in [2.45, 2.75) is 37.8 Å². The first-order valence-corrected chi connectivity index (χ1v) is 8.60. The number of likely N-dealkylation sites (tertiary alicyclic amines) is 1. The van der Waals surface area contributed by atoms with E-state index in [9.17, 15) is 19.2 Å². The number of nitrogens with zero attached hydrogens (tertiary/aromatic N) is 2. The molecule has 0 spiro atoms. The van der Waals surface area contributed by atoms with Gasteiger partial charge in [0.1, 0.15) is 6.04 Å². The first-order chi connectivity index (χ1) is 12.7. The highest BCUT2D eigenvalue weighted by Crippen LogP contribution is 2.17. The molecule has 0 saturated carbocycles. The Balaban J connectivity index is 2.26. The number of amides is 3. The van der Waals surface area contributed by atoms with Gasteiger partial charge in [0.15, 0.2) is 5.96 Å². The Morgan fingerprint density at radius 2 is 1.89 bits per heavy atom. The number of carbonyl (C=O) groups is 4. The maximum Gasteiger partial charge on any atom is 0.326 e. The van der Waals surface area contributed by atoms with Crippen molar-refractivity contribution in [1.82, 2.24) is 15.5 Å². The third kappa shape index (κ3) is 7.90. The van der Waals surface area contributed by atoms with Crippen LogP contribution in [0.5, 0.6) is 0 Å². The fourth-order valence-electron chi connectivity index (χ4n) is 2.61. The molecule has 0 aromatic carbocycles. The van der Waals surface area contributed by atoms with Crippen LogP contribution in [0.15, 0.2) is 4.99 Å². The third-order valence-corrected chi connectivity index (χ3v) is 4.02. The molecule has 0 aliphatic carbocycles. The SMILES string of the molecule is NC(N)=NCCCC(N)C(=O)NCC(=O)NCC(=O)N1CCCC1C(=O)O. The number of nitrogens with two attached hydrogens (primary N) is 3. The predicted octanol–water partition coefficient (Wildman–Crippen LogP) is -3.32. The average Bonchev–Trinajstić information content (AvgIpc) is 3.11. The lowest BCUT2D eigenvalue weighted by molar-refractivity contribution is -0.148. The first-order valence-electron chi connectivity index (χ1n) is 8.60. The van der Waals surface area contributed by atoms with Gasteiger partial charge in [0.05, 0.1) is 19.1 Å². The predicted molar refractivity (Wildman–Crippen MR) is 96.3 cm³/mol. The monoisotopic (exact) mass is 385 g/mol. The van der Waals surface area contributed by atoms with Crippen molar-refractivity contribution in [3.8, 4) is 0 Å². The van der Waals surface area contributed by atoms with Crippen LogP contribution in [0.3, 0.4) is 0 Å². The number of aliphatic imine (C=N–C) groups is 1. The molecule has 0 aromatic rings. The van der Waals surface area contributed by atoms with Gasteiger partial charge in [-0.2, -0.15) is 0 Å². The maximum absolute atomic E-state index is 12.0. The summed E-state index contributed by atoms with van der Waals surface area (Å²) >= 11 is 0. The summed E-state index contributed by atoms with van der Waals surface area (Å²) in [7, 11) is 0. The molecule has 2 unspecified atom stereocenters. The van der Waals surface area contributed by atoms with Gasteiger partial charge in [-0.1, -0.05) is 0 Å². The van der Waals surface area contributed by atoms with Crippen LogP contribution < -0.4 is 27.8 Å². The van der Waals surface area contributed by atoms with E-state index in [1.807, 2.05) is 0 Å². The fraction of sp³-hybridized carbons (Fsp3) is 0.667. The number of carboxylic acids is 1. The van der Waals surface area contributed by atoms with E-state index < -0.39 is 35.8 Å². The zero-order valence-corrected chi connectivity index (χ0v) is 15.0. The molecule has 1 heterocycles. The van der Waals surface area contributed by atoms with Gasteiger partial charge < -0.3 is 37.8 Å². The summed E-state index contributed by atoms with van der Waals surface area (Å²) in [5.74, 6) is -2.66. The van der Waals surface area contributed by atoms with Crippen LogP contribution in [0.25, 0.3) is 0 Å². The number of hydrogen-bond acceptors (Lipinski definition) is 6. The second-order valence-corrected chi connectivity index (χ2v) is 6.13. The van der Waals surface area contributed by atoms with Gasteiger partial charge in [-0.05, 0) is 25.7 Å². The van der Waals surface area contributed by atoms with E-state index >= 15 is 0 Å². The normalized spacial score (nSPS) is 17.1. The molecule has 1 aliphatic rings. The number of carbonyl (C=O) groups excluding carboxylic acids is 3. The molecular formula is C15H27N7O5. The molecular weight excluding hydrogens is 358 g/mol. The fourth-order valence-corrected chi connectivity index (χ4v) is 2.61. The highest BCUT2D eigenvalue weighted by atomic mass is 16.4. The van der Waals surface area contributed by atoms with Crippen molar-refractivity contribution in [2.24, 2.45) is 22.2 Å². The first kappa shape index (κ1) is 22.2. The largest absolute Gasteiger partial charge is 0.480 e. The van der Waals surface area contributed by atoms with Crippen molar-refractivity contribution in [3.05, 3.63) is 0 Å². The maximum atomic E-state index is 12.0. The van der Waals surface area contributed by atoms with Gasteiger partial charge in [0.2, 0.25) is 17.7 Å². The molecule has 1 fully saturated rings. The topological polar surface area (TPSA) is 206 Å². The summed E-state index contributed by atoms with van der Waals surface area (Å²) in [6.45, 7) is 0.0238. The van der Waals surface area contributed by atoms with Gasteiger partial charge in [-0.25, -0.2) is 4.79 Å². The van der Waals surface area contributed by atoms with Crippen LogP contribution in [0.4, 0.5) is 0 Å². The second kappa shape index (κ2) is 11.0. The van der Waals surface area contributed by atoms with Gasteiger partial charge in [-0.15, -0.1) is 0 Å². The van der Waals surface area contributed by atoms with E-state index in [1.165, 1.54) is 4.90 Å². The van der Waals surface area contributed by atoms with Crippen molar-refractivity contribution in [1.29, 1.82) is 0 Å². The van der Waals surface area contributed by atoms with E-state index in [1.54, 1.807) is 0 Å². The molecule has 1 aliphatic heterocycles. The minimum atomic E-state index is -1.06. The van der Waals surface area contributed by atoms with Crippen LogP contribution in [0.1, 0.15) is 25.7 Å². The Hall–Kier alpha value is -2.89. The van der Waals surface area contributed by atoms with E-state index in [4.69, 9.17) is 22.3 Å². The van der Waals surface area contributed by atoms with Gasteiger partial charge in [0, 0.05) is 13.1 Å². The smallest absolute Gasteiger partial charge is 0.326 e. The van der Waals surface area contributed by atoms with E-state index in [0.717, 1.165) is 0 Å². The molecule has 27 heavy (non-hydrogen) atoms. The number of hydrogen-bond donors (Lipinski definition) is 6. The lowest BCUT2D eigenvalue weighted by atomic mass is 10.1. The molecule has 12 heteroatoms. The lowest BCUT2D eigenvalue weighted by Crippen LogP contribution is -2.48. The molecule has 1 saturated heterocycles. The van der Waals surface area contributed by atoms with Gasteiger partial charge in [-0.3, -0.25) is 19.4 Å². The minimum Gasteiger partial charge on any atom is -0.480 e. The molecule has 2 atom stereocenters. The number of nitrogens with one attached hydrogen (secondary N) is 2. The summed E-state index contributed by atoms with van der Waals surface area (Å²) in [5, 5.41) is 13.8. The van der Waals surface area contributed by atoms with E-state index in [-0.39, 0.29) is 19.0 Å². The molecule has 9 N–H and O–H groups in total. The summed E-state index contributed by atoms with van der Waals surface area (Å²) < 4.78 is 0. The van der Waals surface area contributed by atoms with Crippen LogP contribution in [-0.4, -0.2) is 77.9 Å². The van der Waals surface area contributed by atoms with Crippen molar-refractivity contribution < 1.29 is 24.3 Å². The van der Waals surface area contributed by atoms with Gasteiger partial charge in [0.25, 0.3) is 0 Å². The third-order valence-electron chi connectivity index (χ3n) is 4.02. The van der Waals surface area contributed by atoms with E-state index in [0.29, 0.717) is 38.8 Å². The molecule has 152 valence electrons. The van der Waals surface area contributed by atoms with Gasteiger partial charge >= 0.3 is 5.97 Å². The zero-order chi connectivity index (χ0) is 20.4. The van der Waals surface area contributed by atoms with Crippen LogP contribution in [0.2, 0.25) is 0 Å².